The average Bonchev–Trinajstić information content (AvgIpc) is 3.31. The minimum atomic E-state index is -3.61. The molecule has 1 aromatic heterocycles. The van der Waals surface area contributed by atoms with Gasteiger partial charge in [0.15, 0.2) is 5.13 Å². The number of hydrogen-bond donors (Lipinski definition) is 1. The van der Waals surface area contributed by atoms with Crippen molar-refractivity contribution in [1.29, 1.82) is 0 Å². The topological polar surface area (TPSA) is 106 Å². The van der Waals surface area contributed by atoms with Crippen LogP contribution in [-0.2, 0) is 14.8 Å². The highest BCUT2D eigenvalue weighted by Gasteiger charge is 2.27. The van der Waals surface area contributed by atoms with Gasteiger partial charge in [0, 0.05) is 18.7 Å². The van der Waals surface area contributed by atoms with Crippen molar-refractivity contribution < 1.29 is 22.7 Å². The lowest BCUT2D eigenvalue weighted by atomic mass is 10.2. The van der Waals surface area contributed by atoms with E-state index in [0.29, 0.717) is 23.7 Å². The molecule has 1 aliphatic rings. The summed E-state index contributed by atoms with van der Waals surface area (Å²) in [4.78, 5) is 28.7. The summed E-state index contributed by atoms with van der Waals surface area (Å²) in [7, 11) is -2.34. The molecule has 1 aliphatic heterocycles. The number of carbonyl (C=O) groups excluding carboxylic acids is 2. The van der Waals surface area contributed by atoms with Gasteiger partial charge >= 0.3 is 5.97 Å². The highest BCUT2D eigenvalue weighted by atomic mass is 32.2. The first-order chi connectivity index (χ1) is 12.8. The summed E-state index contributed by atoms with van der Waals surface area (Å²) in [6.07, 6.45) is 1.68. The van der Waals surface area contributed by atoms with Crippen molar-refractivity contribution in [2.75, 3.05) is 25.5 Å². The van der Waals surface area contributed by atoms with E-state index in [9.17, 15) is 18.0 Å². The summed E-state index contributed by atoms with van der Waals surface area (Å²) in [6, 6.07) is 5.89. The van der Waals surface area contributed by atoms with E-state index in [1.807, 2.05) is 0 Å². The molecule has 1 saturated heterocycles. The van der Waals surface area contributed by atoms with Crippen molar-refractivity contribution in [2.24, 2.45) is 0 Å². The maximum Gasteiger partial charge on any atom is 0.350 e. The van der Waals surface area contributed by atoms with Gasteiger partial charge in [-0.25, -0.2) is 18.2 Å². The van der Waals surface area contributed by atoms with Gasteiger partial charge in [-0.15, -0.1) is 0 Å². The first kappa shape index (κ1) is 19.5. The van der Waals surface area contributed by atoms with Crippen molar-refractivity contribution in [1.82, 2.24) is 9.29 Å². The summed E-state index contributed by atoms with van der Waals surface area (Å²) in [5.41, 5.74) is 0.648. The molecule has 0 radical (unpaired) electrons. The number of methoxy groups -OCH3 is 1. The first-order valence-electron chi connectivity index (χ1n) is 8.30. The zero-order chi connectivity index (χ0) is 19.6. The molecule has 0 bridgehead atoms. The number of aryl methyl sites for hydroxylation is 1. The molecule has 1 fully saturated rings. The fourth-order valence-electron chi connectivity index (χ4n) is 2.78. The van der Waals surface area contributed by atoms with Gasteiger partial charge in [0.25, 0.3) is 5.91 Å². The Morgan fingerprint density at radius 3 is 2.63 bits per heavy atom. The third-order valence-corrected chi connectivity index (χ3v) is 7.13. The van der Waals surface area contributed by atoms with E-state index in [1.165, 1.54) is 35.7 Å². The molecule has 3 rings (SSSR count). The number of sulfonamides is 1. The zero-order valence-electron chi connectivity index (χ0n) is 14.9. The molecular weight excluding hydrogens is 390 g/mol. The molecular formula is C17H19N3O5S2. The van der Waals surface area contributed by atoms with Crippen LogP contribution in [0.4, 0.5) is 5.13 Å². The molecule has 0 spiro atoms. The lowest BCUT2D eigenvalue weighted by Gasteiger charge is -2.15. The van der Waals surface area contributed by atoms with Crippen molar-refractivity contribution in [3.05, 3.63) is 40.4 Å². The van der Waals surface area contributed by atoms with Crippen LogP contribution in [0.5, 0.6) is 0 Å². The second-order valence-electron chi connectivity index (χ2n) is 6.02. The van der Waals surface area contributed by atoms with Crippen molar-refractivity contribution in [3.63, 3.8) is 0 Å². The van der Waals surface area contributed by atoms with E-state index in [0.717, 1.165) is 24.2 Å². The second-order valence-corrected chi connectivity index (χ2v) is 8.96. The Labute approximate surface area is 161 Å². The monoisotopic (exact) mass is 409 g/mol. The SMILES string of the molecule is COC(=O)c1sc(NC(=O)c2cccc(S(=O)(=O)N3CCCC3)c2)nc1C. The fourth-order valence-corrected chi connectivity index (χ4v) is 5.22. The van der Waals surface area contributed by atoms with Gasteiger partial charge in [-0.1, -0.05) is 17.4 Å². The Morgan fingerprint density at radius 1 is 1.26 bits per heavy atom. The molecule has 10 heteroatoms. The molecule has 8 nitrogen and oxygen atoms in total. The maximum atomic E-state index is 12.7. The average molecular weight is 409 g/mol. The third-order valence-electron chi connectivity index (χ3n) is 4.19. The molecule has 27 heavy (non-hydrogen) atoms. The molecule has 1 N–H and O–H groups in total. The molecule has 2 aromatic rings. The number of carbonyl (C=O) groups is 2. The number of anilines is 1. The molecule has 0 aliphatic carbocycles. The fraction of sp³-hybridized carbons (Fsp3) is 0.353. The van der Waals surface area contributed by atoms with Gasteiger partial charge in [-0.3, -0.25) is 10.1 Å². The minimum absolute atomic E-state index is 0.0858. The Bertz CT molecular complexity index is 978. The summed E-state index contributed by atoms with van der Waals surface area (Å²) < 4.78 is 31.4. The van der Waals surface area contributed by atoms with Crippen LogP contribution in [0, 0.1) is 6.92 Å². The van der Waals surface area contributed by atoms with Crippen LogP contribution in [0.3, 0.4) is 0 Å². The lowest BCUT2D eigenvalue weighted by molar-refractivity contribution is 0.0605. The van der Waals surface area contributed by atoms with Gasteiger partial charge in [-0.05, 0) is 38.0 Å². The molecule has 1 aromatic carbocycles. The van der Waals surface area contributed by atoms with Crippen LogP contribution in [0.25, 0.3) is 0 Å². The van der Waals surface area contributed by atoms with Crippen LogP contribution in [0.1, 0.15) is 38.6 Å². The molecule has 2 heterocycles. The molecule has 0 unspecified atom stereocenters. The minimum Gasteiger partial charge on any atom is -0.465 e. The van der Waals surface area contributed by atoms with Crippen LogP contribution in [-0.4, -0.2) is 49.8 Å². The van der Waals surface area contributed by atoms with Crippen LogP contribution < -0.4 is 5.32 Å². The predicted octanol–water partition coefficient (Wildman–Crippen LogP) is 2.27. The molecule has 1 amide bonds. The van der Waals surface area contributed by atoms with Crippen molar-refractivity contribution >= 4 is 38.4 Å². The number of hydrogen-bond acceptors (Lipinski definition) is 7. The highest BCUT2D eigenvalue weighted by Crippen LogP contribution is 2.25. The Kier molecular flexibility index (Phi) is 5.59. The van der Waals surface area contributed by atoms with E-state index in [4.69, 9.17) is 0 Å². The largest absolute Gasteiger partial charge is 0.465 e. The molecule has 0 atom stereocenters. The van der Waals surface area contributed by atoms with Gasteiger partial charge < -0.3 is 4.74 Å². The first-order valence-corrected chi connectivity index (χ1v) is 10.6. The smallest absolute Gasteiger partial charge is 0.350 e. The van der Waals surface area contributed by atoms with E-state index in [2.05, 4.69) is 15.0 Å². The highest BCUT2D eigenvalue weighted by molar-refractivity contribution is 7.89. The number of ether oxygens (including phenoxy) is 1. The molecule has 0 saturated carbocycles. The Balaban J connectivity index is 1.81. The number of aromatic nitrogens is 1. The summed E-state index contributed by atoms with van der Waals surface area (Å²) in [5.74, 6) is -1.03. The lowest BCUT2D eigenvalue weighted by Crippen LogP contribution is -2.28. The zero-order valence-corrected chi connectivity index (χ0v) is 16.5. The normalized spacial score (nSPS) is 14.9. The summed E-state index contributed by atoms with van der Waals surface area (Å²) >= 11 is 1.00. The maximum absolute atomic E-state index is 12.7. The van der Waals surface area contributed by atoms with Crippen LogP contribution in [0.15, 0.2) is 29.2 Å². The second kappa shape index (κ2) is 7.75. The van der Waals surface area contributed by atoms with Crippen molar-refractivity contribution in [3.8, 4) is 0 Å². The standard InChI is InChI=1S/C17H19N3O5S2/c1-11-14(16(22)25-2)26-17(18-11)19-15(21)12-6-5-7-13(10-12)27(23,24)20-8-3-4-9-20/h5-7,10H,3-4,8-9H2,1-2H3,(H,18,19,21). The van der Waals surface area contributed by atoms with Crippen LogP contribution >= 0.6 is 11.3 Å². The number of rotatable bonds is 5. The molecule has 144 valence electrons. The van der Waals surface area contributed by atoms with Crippen LogP contribution in [0.2, 0.25) is 0 Å². The summed E-state index contributed by atoms with van der Waals surface area (Å²) in [6.45, 7) is 2.63. The summed E-state index contributed by atoms with van der Waals surface area (Å²) in [5, 5.41) is 2.84. The van der Waals surface area contributed by atoms with Gasteiger partial charge in [0.2, 0.25) is 10.0 Å². The van der Waals surface area contributed by atoms with E-state index < -0.39 is 21.9 Å². The number of amides is 1. The Morgan fingerprint density at radius 2 is 1.96 bits per heavy atom. The van der Waals surface area contributed by atoms with Gasteiger partial charge in [-0.2, -0.15) is 4.31 Å². The third kappa shape index (κ3) is 4.02. The van der Waals surface area contributed by atoms with Gasteiger partial charge in [0.05, 0.1) is 17.7 Å². The number of benzene rings is 1. The number of nitrogens with one attached hydrogen (secondary N) is 1. The quantitative estimate of drug-likeness (QED) is 0.760. The number of esters is 1. The van der Waals surface area contributed by atoms with Crippen molar-refractivity contribution in [2.45, 2.75) is 24.7 Å². The predicted molar refractivity (Wildman–Crippen MR) is 101 cm³/mol. The Hall–Kier alpha value is -2.30. The van der Waals surface area contributed by atoms with E-state index >= 15 is 0 Å². The van der Waals surface area contributed by atoms with E-state index in [1.54, 1.807) is 6.92 Å². The van der Waals surface area contributed by atoms with Gasteiger partial charge in [0.1, 0.15) is 4.88 Å². The van der Waals surface area contributed by atoms with E-state index in [-0.39, 0.29) is 15.6 Å². The number of thiazole rings is 1. The number of nitrogens with zero attached hydrogens (tertiary/aromatic N) is 2.